The number of carbonyl (C=O) groups excluding carboxylic acids is 1. The van der Waals surface area contributed by atoms with Crippen molar-refractivity contribution in [1.82, 2.24) is 0 Å². The maximum atomic E-state index is 12.7. The van der Waals surface area contributed by atoms with Gasteiger partial charge in [-0.1, -0.05) is 6.92 Å². The van der Waals surface area contributed by atoms with Crippen LogP contribution in [0, 0.1) is 5.82 Å². The molecule has 15 heavy (non-hydrogen) atoms. The van der Waals surface area contributed by atoms with Gasteiger partial charge in [0.2, 0.25) is 5.91 Å². The van der Waals surface area contributed by atoms with Gasteiger partial charge in [-0.15, -0.1) is 0 Å². The molecule has 0 spiro atoms. The largest absolute Gasteiger partial charge is 0.313 e. The van der Waals surface area contributed by atoms with Crippen molar-refractivity contribution in [2.75, 3.05) is 11.4 Å². The van der Waals surface area contributed by atoms with Crippen molar-refractivity contribution in [2.24, 2.45) is 0 Å². The molecule has 0 aliphatic rings. The molecule has 0 bridgehead atoms. The first-order valence-corrected chi connectivity index (χ1v) is 5.25. The van der Waals surface area contributed by atoms with Crippen LogP contribution >= 0.6 is 0 Å². The third-order valence-corrected chi connectivity index (χ3v) is 2.22. The van der Waals surface area contributed by atoms with E-state index in [1.54, 1.807) is 17.0 Å². The summed E-state index contributed by atoms with van der Waals surface area (Å²) in [7, 11) is 0. The fourth-order valence-electron chi connectivity index (χ4n) is 1.47. The average Bonchev–Trinajstić information content (AvgIpc) is 2.22. The molecular formula is C12H16FNO. The van der Waals surface area contributed by atoms with Crippen LogP contribution in [0.5, 0.6) is 0 Å². The first-order chi connectivity index (χ1) is 7.19. The Morgan fingerprint density at radius 2 is 1.87 bits per heavy atom. The zero-order valence-corrected chi connectivity index (χ0v) is 9.16. The van der Waals surface area contributed by atoms with Crippen molar-refractivity contribution in [3.8, 4) is 0 Å². The fraction of sp³-hybridized carbons (Fsp3) is 0.417. The van der Waals surface area contributed by atoms with E-state index in [0.717, 1.165) is 12.1 Å². The summed E-state index contributed by atoms with van der Waals surface area (Å²) in [6, 6.07) is 6.01. The van der Waals surface area contributed by atoms with E-state index >= 15 is 0 Å². The molecule has 0 saturated carbocycles. The second kappa shape index (κ2) is 5.49. The Balaban J connectivity index is 2.82. The number of halogens is 1. The lowest BCUT2D eigenvalue weighted by atomic mass is 10.2. The van der Waals surface area contributed by atoms with Gasteiger partial charge in [0.15, 0.2) is 0 Å². The lowest BCUT2D eigenvalue weighted by molar-refractivity contribution is -0.118. The summed E-state index contributed by atoms with van der Waals surface area (Å²) in [6.45, 7) is 4.50. The van der Waals surface area contributed by atoms with E-state index in [0.29, 0.717) is 13.0 Å². The number of amides is 1. The average molecular weight is 209 g/mol. The summed E-state index contributed by atoms with van der Waals surface area (Å²) < 4.78 is 12.7. The third kappa shape index (κ3) is 3.05. The molecule has 3 heteroatoms. The van der Waals surface area contributed by atoms with Crippen molar-refractivity contribution in [1.29, 1.82) is 0 Å². The predicted molar refractivity (Wildman–Crippen MR) is 59.3 cm³/mol. The van der Waals surface area contributed by atoms with Crippen LogP contribution in [0.15, 0.2) is 24.3 Å². The minimum absolute atomic E-state index is 0.0895. The molecule has 0 saturated heterocycles. The van der Waals surface area contributed by atoms with Crippen LogP contribution in [0.4, 0.5) is 10.1 Å². The Hall–Kier alpha value is -1.38. The number of carbonyl (C=O) groups is 1. The highest BCUT2D eigenvalue weighted by molar-refractivity contribution is 5.93. The monoisotopic (exact) mass is 209 g/mol. The summed E-state index contributed by atoms with van der Waals surface area (Å²) in [5.41, 5.74) is 0.761. The van der Waals surface area contributed by atoms with Gasteiger partial charge in [-0.3, -0.25) is 4.79 Å². The molecular weight excluding hydrogens is 193 g/mol. The van der Waals surface area contributed by atoms with Gasteiger partial charge in [0.05, 0.1) is 0 Å². The van der Waals surface area contributed by atoms with Gasteiger partial charge in [-0.05, 0) is 37.6 Å². The second-order valence-electron chi connectivity index (χ2n) is 3.36. The molecule has 0 aromatic heterocycles. The Morgan fingerprint density at radius 3 is 2.33 bits per heavy atom. The van der Waals surface area contributed by atoms with E-state index < -0.39 is 0 Å². The summed E-state index contributed by atoms with van der Waals surface area (Å²) >= 11 is 0. The third-order valence-electron chi connectivity index (χ3n) is 2.22. The summed E-state index contributed by atoms with van der Waals surface area (Å²) in [6.07, 6.45) is 1.36. The van der Waals surface area contributed by atoms with E-state index in [2.05, 4.69) is 0 Å². The first-order valence-electron chi connectivity index (χ1n) is 5.25. The standard InChI is InChI=1S/C12H16FNO/c1-3-5-12(15)14(4-2)11-8-6-10(13)7-9-11/h6-9H,3-5H2,1-2H3. The maximum absolute atomic E-state index is 12.7. The van der Waals surface area contributed by atoms with Gasteiger partial charge in [-0.25, -0.2) is 4.39 Å². The lowest BCUT2D eigenvalue weighted by Crippen LogP contribution is -2.30. The Labute approximate surface area is 89.7 Å². The van der Waals surface area contributed by atoms with Gasteiger partial charge in [0.1, 0.15) is 5.82 Å². The molecule has 0 radical (unpaired) electrons. The molecule has 0 atom stereocenters. The summed E-state index contributed by atoms with van der Waals surface area (Å²) in [5.74, 6) is -0.190. The highest BCUT2D eigenvalue weighted by Crippen LogP contribution is 2.15. The first kappa shape index (κ1) is 11.7. The van der Waals surface area contributed by atoms with Gasteiger partial charge >= 0.3 is 0 Å². The molecule has 0 N–H and O–H groups in total. The Bertz CT molecular complexity index is 321. The van der Waals surface area contributed by atoms with Gasteiger partial charge in [-0.2, -0.15) is 0 Å². The molecule has 0 unspecified atom stereocenters. The van der Waals surface area contributed by atoms with E-state index in [1.165, 1.54) is 12.1 Å². The minimum atomic E-state index is -0.280. The number of hydrogen-bond donors (Lipinski definition) is 0. The number of hydrogen-bond acceptors (Lipinski definition) is 1. The quantitative estimate of drug-likeness (QED) is 0.746. The number of nitrogens with zero attached hydrogens (tertiary/aromatic N) is 1. The van der Waals surface area contributed by atoms with Crippen LogP contribution in [-0.2, 0) is 4.79 Å². The smallest absolute Gasteiger partial charge is 0.226 e. The summed E-state index contributed by atoms with van der Waals surface area (Å²) in [5, 5.41) is 0. The molecule has 82 valence electrons. The minimum Gasteiger partial charge on any atom is -0.313 e. The molecule has 0 heterocycles. The van der Waals surface area contributed by atoms with E-state index in [1.807, 2.05) is 13.8 Å². The van der Waals surface area contributed by atoms with Gasteiger partial charge in [0, 0.05) is 18.7 Å². The molecule has 0 aliphatic carbocycles. The SMILES string of the molecule is CCCC(=O)N(CC)c1ccc(F)cc1. The van der Waals surface area contributed by atoms with Gasteiger partial charge in [0.25, 0.3) is 0 Å². The topological polar surface area (TPSA) is 20.3 Å². The van der Waals surface area contributed by atoms with Crippen LogP contribution < -0.4 is 4.90 Å². The van der Waals surface area contributed by atoms with Crippen molar-refractivity contribution in [3.63, 3.8) is 0 Å². The van der Waals surface area contributed by atoms with Crippen molar-refractivity contribution >= 4 is 11.6 Å². The molecule has 1 aromatic rings. The van der Waals surface area contributed by atoms with Crippen LogP contribution in [0.25, 0.3) is 0 Å². The van der Waals surface area contributed by atoms with Crippen molar-refractivity contribution in [2.45, 2.75) is 26.7 Å². The summed E-state index contributed by atoms with van der Waals surface area (Å²) in [4.78, 5) is 13.4. The number of anilines is 1. The normalized spacial score (nSPS) is 10.1. The van der Waals surface area contributed by atoms with Crippen LogP contribution in [0.3, 0.4) is 0 Å². The fourth-order valence-corrected chi connectivity index (χ4v) is 1.47. The maximum Gasteiger partial charge on any atom is 0.226 e. The lowest BCUT2D eigenvalue weighted by Gasteiger charge is -2.20. The number of rotatable bonds is 4. The van der Waals surface area contributed by atoms with E-state index in [9.17, 15) is 9.18 Å². The van der Waals surface area contributed by atoms with Crippen LogP contribution in [0.2, 0.25) is 0 Å². The molecule has 2 nitrogen and oxygen atoms in total. The Morgan fingerprint density at radius 1 is 1.27 bits per heavy atom. The number of benzene rings is 1. The highest BCUT2D eigenvalue weighted by atomic mass is 19.1. The Kier molecular flexibility index (Phi) is 4.28. The highest BCUT2D eigenvalue weighted by Gasteiger charge is 2.12. The van der Waals surface area contributed by atoms with E-state index in [-0.39, 0.29) is 11.7 Å². The zero-order valence-electron chi connectivity index (χ0n) is 9.16. The predicted octanol–water partition coefficient (Wildman–Crippen LogP) is 2.98. The zero-order chi connectivity index (χ0) is 11.3. The second-order valence-corrected chi connectivity index (χ2v) is 3.36. The molecule has 0 fully saturated rings. The van der Waals surface area contributed by atoms with E-state index in [4.69, 9.17) is 0 Å². The molecule has 1 amide bonds. The van der Waals surface area contributed by atoms with Crippen LogP contribution in [-0.4, -0.2) is 12.5 Å². The molecule has 1 aromatic carbocycles. The van der Waals surface area contributed by atoms with Gasteiger partial charge < -0.3 is 4.90 Å². The molecule has 1 rings (SSSR count). The van der Waals surface area contributed by atoms with Crippen LogP contribution in [0.1, 0.15) is 26.7 Å². The van der Waals surface area contributed by atoms with Crippen molar-refractivity contribution < 1.29 is 9.18 Å². The van der Waals surface area contributed by atoms with Crippen molar-refractivity contribution in [3.05, 3.63) is 30.1 Å². The molecule has 0 aliphatic heterocycles.